The molecule has 2 heteroatoms. The molecular formula is C12H25NO. The van der Waals surface area contributed by atoms with E-state index in [1.807, 2.05) is 0 Å². The summed E-state index contributed by atoms with van der Waals surface area (Å²) in [4.78, 5) is 10.6. The number of amides is 1. The topological polar surface area (TPSA) is 29.1 Å². The smallest absolute Gasteiger partial charge is 0.216 e. The van der Waals surface area contributed by atoms with E-state index in [9.17, 15) is 4.79 Å². The minimum absolute atomic E-state index is 0.0777. The fourth-order valence-electron chi connectivity index (χ4n) is 1.27. The van der Waals surface area contributed by atoms with E-state index in [0.717, 1.165) is 18.9 Å². The zero-order chi connectivity index (χ0) is 11.2. The molecule has 0 aliphatic carbocycles. The molecule has 0 aromatic heterocycles. The van der Waals surface area contributed by atoms with E-state index in [-0.39, 0.29) is 5.91 Å². The summed E-state index contributed by atoms with van der Waals surface area (Å²) in [6, 6.07) is 0. The average Bonchev–Trinajstić information content (AvgIpc) is 2.01. The molecule has 14 heavy (non-hydrogen) atoms. The predicted molar refractivity (Wildman–Crippen MR) is 61.2 cm³/mol. The molecule has 2 nitrogen and oxygen atoms in total. The third kappa shape index (κ3) is 6.93. The Bertz CT molecular complexity index is 170. The van der Waals surface area contributed by atoms with Crippen LogP contribution in [0.25, 0.3) is 0 Å². The van der Waals surface area contributed by atoms with Gasteiger partial charge in [-0.1, -0.05) is 40.5 Å². The van der Waals surface area contributed by atoms with Gasteiger partial charge in [-0.25, -0.2) is 0 Å². The second-order valence-electron chi connectivity index (χ2n) is 5.25. The van der Waals surface area contributed by atoms with Crippen molar-refractivity contribution in [1.82, 2.24) is 5.32 Å². The summed E-state index contributed by atoms with van der Waals surface area (Å²) in [7, 11) is 0. The number of rotatable bonds is 5. The van der Waals surface area contributed by atoms with Gasteiger partial charge in [-0.2, -0.15) is 0 Å². The van der Waals surface area contributed by atoms with Gasteiger partial charge in [-0.05, 0) is 17.8 Å². The number of hydrogen-bond acceptors (Lipinski definition) is 1. The highest BCUT2D eigenvalue weighted by Gasteiger charge is 2.18. The lowest BCUT2D eigenvalue weighted by Crippen LogP contribution is -2.21. The molecular weight excluding hydrogens is 174 g/mol. The predicted octanol–water partition coefficient (Wildman–Crippen LogP) is 2.98. The first-order chi connectivity index (χ1) is 6.34. The normalized spacial score (nSPS) is 13.8. The van der Waals surface area contributed by atoms with Crippen molar-refractivity contribution in [3.8, 4) is 0 Å². The van der Waals surface area contributed by atoms with Crippen molar-refractivity contribution in [3.05, 3.63) is 0 Å². The Morgan fingerprint density at radius 2 is 1.86 bits per heavy atom. The van der Waals surface area contributed by atoms with Crippen molar-refractivity contribution >= 4 is 5.91 Å². The second kappa shape index (κ2) is 6.05. The molecule has 0 bridgehead atoms. The molecule has 0 spiro atoms. The number of unbranched alkanes of at least 4 members (excludes halogenated alkanes) is 1. The van der Waals surface area contributed by atoms with Gasteiger partial charge >= 0.3 is 0 Å². The van der Waals surface area contributed by atoms with Crippen LogP contribution in [0.1, 0.15) is 53.9 Å². The van der Waals surface area contributed by atoms with Gasteiger partial charge in [-0.15, -0.1) is 0 Å². The van der Waals surface area contributed by atoms with Crippen LogP contribution in [-0.2, 0) is 4.79 Å². The van der Waals surface area contributed by atoms with Crippen LogP contribution in [0.3, 0.4) is 0 Å². The molecule has 0 saturated carbocycles. The van der Waals surface area contributed by atoms with Crippen LogP contribution in [0.2, 0.25) is 0 Å². The fourth-order valence-corrected chi connectivity index (χ4v) is 1.27. The molecule has 1 amide bonds. The van der Waals surface area contributed by atoms with E-state index in [1.54, 1.807) is 6.92 Å². The van der Waals surface area contributed by atoms with Crippen LogP contribution in [-0.4, -0.2) is 12.5 Å². The maximum atomic E-state index is 10.6. The number of nitrogens with one attached hydrogen (secondary N) is 1. The first kappa shape index (κ1) is 13.5. The van der Waals surface area contributed by atoms with Crippen molar-refractivity contribution in [2.24, 2.45) is 11.3 Å². The van der Waals surface area contributed by atoms with Crippen molar-refractivity contribution in [1.29, 1.82) is 0 Å². The lowest BCUT2D eigenvalue weighted by Gasteiger charge is -2.27. The van der Waals surface area contributed by atoms with Crippen LogP contribution in [0.5, 0.6) is 0 Å². The zero-order valence-electron chi connectivity index (χ0n) is 10.3. The van der Waals surface area contributed by atoms with E-state index >= 15 is 0 Å². The Morgan fingerprint density at radius 1 is 1.29 bits per heavy atom. The van der Waals surface area contributed by atoms with Crippen molar-refractivity contribution in [2.45, 2.75) is 53.9 Å². The number of carbonyl (C=O) groups excluding carboxylic acids is 1. The summed E-state index contributed by atoms with van der Waals surface area (Å²) >= 11 is 0. The van der Waals surface area contributed by atoms with E-state index in [0.29, 0.717) is 5.41 Å². The van der Waals surface area contributed by atoms with Crippen molar-refractivity contribution < 1.29 is 4.79 Å². The van der Waals surface area contributed by atoms with Crippen LogP contribution < -0.4 is 5.32 Å². The molecule has 0 heterocycles. The maximum Gasteiger partial charge on any atom is 0.216 e. The van der Waals surface area contributed by atoms with Crippen LogP contribution in [0.15, 0.2) is 0 Å². The van der Waals surface area contributed by atoms with Gasteiger partial charge in [0, 0.05) is 13.5 Å². The summed E-state index contributed by atoms with van der Waals surface area (Å²) in [6.07, 6.45) is 3.56. The number of hydrogen-bond donors (Lipinski definition) is 1. The minimum atomic E-state index is 0.0777. The molecule has 0 fully saturated rings. The first-order valence-corrected chi connectivity index (χ1v) is 5.58. The molecule has 0 aromatic carbocycles. The average molecular weight is 199 g/mol. The Hall–Kier alpha value is -0.530. The Balaban J connectivity index is 3.41. The van der Waals surface area contributed by atoms with Crippen molar-refractivity contribution in [3.63, 3.8) is 0 Å². The molecule has 0 radical (unpaired) electrons. The highest BCUT2D eigenvalue weighted by molar-refractivity contribution is 5.72. The van der Waals surface area contributed by atoms with Gasteiger partial charge < -0.3 is 5.32 Å². The Labute approximate surface area is 88.5 Å². The fraction of sp³-hybridized carbons (Fsp3) is 0.917. The lowest BCUT2D eigenvalue weighted by atomic mass is 9.79. The molecule has 0 aliphatic heterocycles. The van der Waals surface area contributed by atoms with Gasteiger partial charge in [0.2, 0.25) is 5.91 Å². The van der Waals surface area contributed by atoms with Crippen LogP contribution in [0.4, 0.5) is 0 Å². The van der Waals surface area contributed by atoms with Crippen LogP contribution in [0, 0.1) is 11.3 Å². The summed E-state index contributed by atoms with van der Waals surface area (Å²) in [5, 5.41) is 2.82. The summed E-state index contributed by atoms with van der Waals surface area (Å²) in [5.74, 6) is 0.827. The standard InChI is InChI=1S/C12H25NO/c1-10(12(3,4)5)8-6-7-9-13-11(2)14/h10H,6-9H2,1-5H3,(H,13,14)/t10-/m1/s1. The summed E-state index contributed by atoms with van der Waals surface area (Å²) in [5.41, 5.74) is 0.411. The molecule has 0 saturated heterocycles. The SMILES string of the molecule is CC(=O)NCCCC[C@@H](C)C(C)(C)C. The van der Waals surface area contributed by atoms with E-state index in [1.165, 1.54) is 12.8 Å². The maximum absolute atomic E-state index is 10.6. The van der Waals surface area contributed by atoms with Crippen molar-refractivity contribution in [2.75, 3.05) is 6.54 Å². The van der Waals surface area contributed by atoms with Gasteiger partial charge in [0.05, 0.1) is 0 Å². The van der Waals surface area contributed by atoms with E-state index < -0.39 is 0 Å². The van der Waals surface area contributed by atoms with Gasteiger partial charge in [-0.3, -0.25) is 4.79 Å². The third-order valence-electron chi connectivity index (χ3n) is 2.92. The molecule has 1 N–H and O–H groups in total. The monoisotopic (exact) mass is 199 g/mol. The minimum Gasteiger partial charge on any atom is -0.356 e. The number of carbonyl (C=O) groups is 1. The quantitative estimate of drug-likeness (QED) is 0.678. The summed E-state index contributed by atoms with van der Waals surface area (Å²) in [6.45, 7) is 11.5. The van der Waals surface area contributed by atoms with E-state index in [2.05, 4.69) is 33.0 Å². The largest absolute Gasteiger partial charge is 0.356 e. The molecule has 0 unspecified atom stereocenters. The first-order valence-electron chi connectivity index (χ1n) is 5.58. The molecule has 1 atom stereocenters. The highest BCUT2D eigenvalue weighted by atomic mass is 16.1. The van der Waals surface area contributed by atoms with Gasteiger partial charge in [0.1, 0.15) is 0 Å². The van der Waals surface area contributed by atoms with Crippen LogP contribution >= 0.6 is 0 Å². The lowest BCUT2D eigenvalue weighted by molar-refractivity contribution is -0.118. The Kier molecular flexibility index (Phi) is 5.82. The highest BCUT2D eigenvalue weighted by Crippen LogP contribution is 2.29. The van der Waals surface area contributed by atoms with Gasteiger partial charge in [0.25, 0.3) is 0 Å². The van der Waals surface area contributed by atoms with E-state index in [4.69, 9.17) is 0 Å². The molecule has 84 valence electrons. The molecule has 0 aliphatic rings. The second-order valence-corrected chi connectivity index (χ2v) is 5.25. The third-order valence-corrected chi connectivity index (χ3v) is 2.92. The Morgan fingerprint density at radius 3 is 2.29 bits per heavy atom. The zero-order valence-corrected chi connectivity index (χ0v) is 10.3. The molecule has 0 aromatic rings. The summed E-state index contributed by atoms with van der Waals surface area (Å²) < 4.78 is 0. The van der Waals surface area contributed by atoms with Gasteiger partial charge in [0.15, 0.2) is 0 Å². The molecule has 0 rings (SSSR count).